The van der Waals surface area contributed by atoms with Crippen molar-refractivity contribution in [1.82, 2.24) is 4.98 Å². The number of anilines is 1. The van der Waals surface area contributed by atoms with Gasteiger partial charge >= 0.3 is 0 Å². The normalized spacial score (nSPS) is 13.8. The predicted molar refractivity (Wildman–Crippen MR) is 191 cm³/mol. The summed E-state index contributed by atoms with van der Waals surface area (Å²) in [4.78, 5) is 3.78. The molecule has 6 aromatic rings. The van der Waals surface area contributed by atoms with Gasteiger partial charge in [0, 0.05) is 33.3 Å². The highest BCUT2D eigenvalue weighted by Crippen LogP contribution is 2.48. The molecule has 1 aliphatic rings. The molecule has 1 atom stereocenters. The molecule has 218 valence electrons. The van der Waals surface area contributed by atoms with Gasteiger partial charge in [0.05, 0.1) is 11.7 Å². The molecule has 2 heterocycles. The number of aromatic nitrogens is 1. The van der Waals surface area contributed by atoms with E-state index in [2.05, 4.69) is 144 Å². The Morgan fingerprint density at radius 3 is 2.16 bits per heavy atom. The topological polar surface area (TPSA) is 27.8 Å². The van der Waals surface area contributed by atoms with Crippen molar-refractivity contribution in [2.24, 2.45) is 0 Å². The molecule has 5 aromatic carbocycles. The number of aromatic amines is 1. The van der Waals surface area contributed by atoms with E-state index >= 15 is 0 Å². The fraction of sp³-hybridized carbons (Fsp3) is 0.190. The molecule has 1 unspecified atom stereocenters. The van der Waals surface area contributed by atoms with Crippen LogP contribution < -0.4 is 5.32 Å². The molecular formula is C42H40N2. The fourth-order valence-corrected chi connectivity index (χ4v) is 7.31. The first-order chi connectivity index (χ1) is 21.1. The van der Waals surface area contributed by atoms with Crippen molar-refractivity contribution in [3.05, 3.63) is 147 Å². The van der Waals surface area contributed by atoms with E-state index in [0.717, 1.165) is 16.8 Å². The van der Waals surface area contributed by atoms with Crippen LogP contribution in [0.4, 0.5) is 5.69 Å². The summed E-state index contributed by atoms with van der Waals surface area (Å²) >= 11 is 0. The van der Waals surface area contributed by atoms with Crippen LogP contribution in [0.15, 0.2) is 91.0 Å². The average molecular weight is 573 g/mol. The lowest BCUT2D eigenvalue weighted by Crippen LogP contribution is -2.20. The summed E-state index contributed by atoms with van der Waals surface area (Å²) in [6, 6.07) is 29.8. The van der Waals surface area contributed by atoms with Crippen molar-refractivity contribution in [2.75, 3.05) is 5.32 Å². The van der Waals surface area contributed by atoms with Gasteiger partial charge in [0.25, 0.3) is 0 Å². The van der Waals surface area contributed by atoms with Crippen LogP contribution >= 0.6 is 0 Å². The molecular weight excluding hydrogens is 532 g/mol. The number of allylic oxidation sites excluding steroid dienone is 1. The van der Waals surface area contributed by atoms with Crippen molar-refractivity contribution >= 4 is 39.0 Å². The standard InChI is InChI=1S/C42H40N2/c1-9-30-33-17-12-26(6)20-37(33)43-41(30)39(23(2)3)34-22-35-32-16-11-25(5)19-36(32)42(44-38(35)21-28(34)8)40-27(7)13-14-29-18-24(4)10-15-31(29)40/h9-22,42-44H,1H2,2-8H3. The Hall–Kier alpha value is -4.82. The summed E-state index contributed by atoms with van der Waals surface area (Å²) in [5, 5.41) is 7.85. The number of benzene rings is 5. The van der Waals surface area contributed by atoms with Gasteiger partial charge in [-0.15, -0.1) is 0 Å². The number of rotatable bonds is 4. The van der Waals surface area contributed by atoms with Gasteiger partial charge in [-0.05, 0) is 116 Å². The van der Waals surface area contributed by atoms with E-state index in [9.17, 15) is 0 Å². The lowest BCUT2D eigenvalue weighted by Gasteiger charge is -2.33. The molecule has 2 nitrogen and oxygen atoms in total. The molecule has 0 amide bonds. The largest absolute Gasteiger partial charge is 0.374 e. The lowest BCUT2D eigenvalue weighted by atomic mass is 9.80. The maximum absolute atomic E-state index is 4.22. The van der Waals surface area contributed by atoms with Gasteiger partial charge in [0.1, 0.15) is 0 Å². The van der Waals surface area contributed by atoms with Crippen molar-refractivity contribution in [3.63, 3.8) is 0 Å². The lowest BCUT2D eigenvalue weighted by molar-refractivity contribution is 0.925. The highest BCUT2D eigenvalue weighted by atomic mass is 14.9. The highest BCUT2D eigenvalue weighted by Gasteiger charge is 2.29. The Morgan fingerprint density at radius 2 is 1.41 bits per heavy atom. The minimum Gasteiger partial charge on any atom is -0.374 e. The monoisotopic (exact) mass is 572 g/mol. The first-order valence-corrected chi connectivity index (χ1v) is 15.6. The summed E-state index contributed by atoms with van der Waals surface area (Å²) in [6.07, 6.45) is 2.00. The first-order valence-electron chi connectivity index (χ1n) is 15.6. The minimum atomic E-state index is 0.0568. The SMILES string of the molecule is C=Cc1c(C(=C(C)C)c2cc3c(cc2C)NC(c2c(C)ccc4cc(C)ccc24)c2cc(C)ccc2-3)[nH]c2cc(C)ccc12. The van der Waals surface area contributed by atoms with Crippen LogP contribution in [0.1, 0.15) is 75.7 Å². The second kappa shape index (κ2) is 10.4. The maximum Gasteiger partial charge on any atom is 0.0782 e. The van der Waals surface area contributed by atoms with E-state index in [1.807, 2.05) is 6.08 Å². The second-order valence-electron chi connectivity index (χ2n) is 12.9. The van der Waals surface area contributed by atoms with Gasteiger partial charge < -0.3 is 10.3 Å². The summed E-state index contributed by atoms with van der Waals surface area (Å²) < 4.78 is 0. The molecule has 44 heavy (non-hydrogen) atoms. The van der Waals surface area contributed by atoms with Gasteiger partial charge in [-0.2, -0.15) is 0 Å². The Kier molecular flexibility index (Phi) is 6.62. The van der Waals surface area contributed by atoms with Crippen molar-refractivity contribution < 1.29 is 0 Å². The average Bonchev–Trinajstić information content (AvgIpc) is 3.34. The van der Waals surface area contributed by atoms with Crippen molar-refractivity contribution in [3.8, 4) is 11.1 Å². The molecule has 0 saturated carbocycles. The predicted octanol–water partition coefficient (Wildman–Crippen LogP) is 11.5. The third kappa shape index (κ3) is 4.40. The maximum atomic E-state index is 4.22. The van der Waals surface area contributed by atoms with E-state index in [4.69, 9.17) is 0 Å². The molecule has 0 spiro atoms. The smallest absolute Gasteiger partial charge is 0.0782 e. The number of hydrogen-bond donors (Lipinski definition) is 2. The Morgan fingerprint density at radius 1 is 0.705 bits per heavy atom. The van der Waals surface area contributed by atoms with Crippen LogP contribution in [0.3, 0.4) is 0 Å². The van der Waals surface area contributed by atoms with E-state index in [1.54, 1.807) is 0 Å². The van der Waals surface area contributed by atoms with E-state index in [1.165, 1.54) is 88.6 Å². The van der Waals surface area contributed by atoms with Gasteiger partial charge in [-0.25, -0.2) is 0 Å². The molecule has 0 radical (unpaired) electrons. The second-order valence-corrected chi connectivity index (χ2v) is 12.9. The Labute approximate surface area is 261 Å². The number of hydrogen-bond acceptors (Lipinski definition) is 1. The zero-order valence-electron chi connectivity index (χ0n) is 26.9. The third-order valence-electron chi connectivity index (χ3n) is 9.41. The summed E-state index contributed by atoms with van der Waals surface area (Å²) in [6.45, 7) is 19.7. The Bertz CT molecular complexity index is 2180. The molecule has 0 bridgehead atoms. The van der Waals surface area contributed by atoms with Crippen LogP contribution in [-0.4, -0.2) is 4.98 Å². The van der Waals surface area contributed by atoms with Gasteiger partial charge in [-0.3, -0.25) is 0 Å². The molecule has 2 heteroatoms. The van der Waals surface area contributed by atoms with E-state index < -0.39 is 0 Å². The van der Waals surface area contributed by atoms with Gasteiger partial charge in [0.2, 0.25) is 0 Å². The van der Waals surface area contributed by atoms with E-state index in [0.29, 0.717) is 0 Å². The number of nitrogens with one attached hydrogen (secondary N) is 2. The first kappa shape index (κ1) is 28.0. The van der Waals surface area contributed by atoms with E-state index in [-0.39, 0.29) is 6.04 Å². The van der Waals surface area contributed by atoms with Gasteiger partial charge in [-0.1, -0.05) is 90.0 Å². The molecule has 2 N–H and O–H groups in total. The molecule has 1 aromatic heterocycles. The van der Waals surface area contributed by atoms with Crippen LogP contribution in [0.25, 0.3) is 44.5 Å². The number of H-pyrrole nitrogens is 1. The minimum absolute atomic E-state index is 0.0568. The molecule has 7 rings (SSSR count). The summed E-state index contributed by atoms with van der Waals surface area (Å²) in [5.74, 6) is 0. The quantitative estimate of drug-likeness (QED) is 0.216. The molecule has 0 aliphatic carbocycles. The Balaban J connectivity index is 1.44. The zero-order chi connectivity index (χ0) is 30.9. The van der Waals surface area contributed by atoms with Crippen molar-refractivity contribution in [2.45, 2.75) is 54.5 Å². The number of fused-ring (bicyclic) bond motifs is 5. The van der Waals surface area contributed by atoms with Crippen molar-refractivity contribution in [1.29, 1.82) is 0 Å². The van der Waals surface area contributed by atoms with Crippen LogP contribution in [0.2, 0.25) is 0 Å². The van der Waals surface area contributed by atoms with Crippen LogP contribution in [0.5, 0.6) is 0 Å². The molecule has 0 saturated heterocycles. The highest BCUT2D eigenvalue weighted by molar-refractivity contribution is 6.00. The zero-order valence-corrected chi connectivity index (χ0v) is 26.9. The van der Waals surface area contributed by atoms with Gasteiger partial charge in [0.15, 0.2) is 0 Å². The fourth-order valence-electron chi connectivity index (χ4n) is 7.31. The molecule has 1 aliphatic heterocycles. The van der Waals surface area contributed by atoms with Crippen LogP contribution in [-0.2, 0) is 0 Å². The molecule has 0 fully saturated rings. The summed E-state index contributed by atoms with van der Waals surface area (Å²) in [7, 11) is 0. The third-order valence-corrected chi connectivity index (χ3v) is 9.41. The number of aryl methyl sites for hydroxylation is 5. The van der Waals surface area contributed by atoms with Crippen LogP contribution in [0, 0.1) is 34.6 Å². The summed E-state index contributed by atoms with van der Waals surface area (Å²) in [5.41, 5.74) is 20.0.